The number of hydrogen-bond donors (Lipinski definition) is 1. The maximum Gasteiger partial charge on any atom is 0.156 e. The lowest BCUT2D eigenvalue weighted by atomic mass is 9.89. The Balaban J connectivity index is 1.54. The minimum Gasteiger partial charge on any atom is -0.361 e. The van der Waals surface area contributed by atoms with E-state index in [-0.39, 0.29) is 0 Å². The fraction of sp³-hybridized carbons (Fsp3) is 0.600. The third-order valence-electron chi connectivity index (χ3n) is 4.15. The molecule has 1 aromatic heterocycles. The second-order valence-corrected chi connectivity index (χ2v) is 6.74. The molecule has 2 heterocycles. The van der Waals surface area contributed by atoms with E-state index in [9.17, 15) is 0 Å². The molecule has 1 saturated carbocycles. The van der Waals surface area contributed by atoms with Crippen LogP contribution in [0.15, 0.2) is 23.3 Å². The standard InChI is InChI=1S/C15H21N3S/c1-12-4-5-13(8-16-12)9-17-14-18-10-15(11-19-14)6-2-3-7-15/h4-5,8H,2-3,6-7,9-11H2,1H3,(H,17,18). The van der Waals surface area contributed by atoms with Gasteiger partial charge in [-0.05, 0) is 36.8 Å². The highest BCUT2D eigenvalue weighted by atomic mass is 32.2. The Morgan fingerprint density at radius 2 is 2.16 bits per heavy atom. The van der Waals surface area contributed by atoms with Crippen molar-refractivity contribution in [3.05, 3.63) is 29.6 Å². The molecule has 0 aromatic carbocycles. The van der Waals surface area contributed by atoms with Gasteiger partial charge in [0.2, 0.25) is 0 Å². The van der Waals surface area contributed by atoms with E-state index in [4.69, 9.17) is 4.99 Å². The third-order valence-corrected chi connectivity index (χ3v) is 5.46. The molecule has 0 radical (unpaired) electrons. The first kappa shape index (κ1) is 13.0. The monoisotopic (exact) mass is 275 g/mol. The Kier molecular flexibility index (Phi) is 3.78. The Hall–Kier alpha value is -1.03. The van der Waals surface area contributed by atoms with Crippen LogP contribution in [0.5, 0.6) is 0 Å². The van der Waals surface area contributed by atoms with Crippen LogP contribution in [0.2, 0.25) is 0 Å². The number of aryl methyl sites for hydroxylation is 1. The highest BCUT2D eigenvalue weighted by Crippen LogP contribution is 2.43. The van der Waals surface area contributed by atoms with Gasteiger partial charge in [-0.3, -0.25) is 9.98 Å². The molecule has 0 unspecified atom stereocenters. The zero-order chi connectivity index (χ0) is 13.1. The zero-order valence-corrected chi connectivity index (χ0v) is 12.3. The second kappa shape index (κ2) is 5.53. The van der Waals surface area contributed by atoms with E-state index in [1.807, 2.05) is 24.9 Å². The number of pyridine rings is 1. The van der Waals surface area contributed by atoms with Crippen LogP contribution in [0.1, 0.15) is 36.9 Å². The van der Waals surface area contributed by atoms with E-state index in [1.165, 1.54) is 37.0 Å². The molecule has 0 amide bonds. The van der Waals surface area contributed by atoms with Crippen molar-refractivity contribution in [2.24, 2.45) is 10.4 Å². The Labute approximate surface area is 119 Å². The molecule has 19 heavy (non-hydrogen) atoms. The van der Waals surface area contributed by atoms with Gasteiger partial charge in [-0.2, -0.15) is 0 Å². The summed E-state index contributed by atoms with van der Waals surface area (Å²) >= 11 is 1.90. The Bertz CT molecular complexity index is 461. The van der Waals surface area contributed by atoms with Crippen LogP contribution in [-0.4, -0.2) is 22.4 Å². The molecule has 0 atom stereocenters. The molecule has 1 aromatic rings. The molecule has 1 fully saturated rings. The molecule has 4 heteroatoms. The van der Waals surface area contributed by atoms with Gasteiger partial charge < -0.3 is 5.32 Å². The van der Waals surface area contributed by atoms with E-state index in [1.54, 1.807) is 0 Å². The minimum atomic E-state index is 0.529. The molecule has 0 saturated heterocycles. The number of nitrogens with one attached hydrogen (secondary N) is 1. The third kappa shape index (κ3) is 3.11. The summed E-state index contributed by atoms with van der Waals surface area (Å²) in [7, 11) is 0. The van der Waals surface area contributed by atoms with E-state index < -0.39 is 0 Å². The summed E-state index contributed by atoms with van der Waals surface area (Å²) < 4.78 is 0. The van der Waals surface area contributed by atoms with Gasteiger partial charge in [-0.25, -0.2) is 0 Å². The number of amidine groups is 1. The maximum absolute atomic E-state index is 4.75. The van der Waals surface area contributed by atoms with Crippen LogP contribution < -0.4 is 5.32 Å². The summed E-state index contributed by atoms with van der Waals surface area (Å²) in [6.07, 6.45) is 7.48. The maximum atomic E-state index is 4.75. The predicted octanol–water partition coefficient (Wildman–Crippen LogP) is 3.14. The quantitative estimate of drug-likeness (QED) is 0.901. The fourth-order valence-electron chi connectivity index (χ4n) is 2.87. The largest absolute Gasteiger partial charge is 0.361 e. The van der Waals surface area contributed by atoms with Crippen molar-refractivity contribution in [2.75, 3.05) is 12.3 Å². The highest BCUT2D eigenvalue weighted by Gasteiger charge is 2.36. The van der Waals surface area contributed by atoms with Crippen LogP contribution in [0.3, 0.4) is 0 Å². The molecule has 1 aliphatic carbocycles. The van der Waals surface area contributed by atoms with Crippen LogP contribution in [0.4, 0.5) is 0 Å². The first-order valence-electron chi connectivity index (χ1n) is 7.09. The summed E-state index contributed by atoms with van der Waals surface area (Å²) in [5.74, 6) is 1.24. The first-order valence-corrected chi connectivity index (χ1v) is 8.07. The molecule has 3 rings (SSSR count). The van der Waals surface area contributed by atoms with Crippen molar-refractivity contribution < 1.29 is 0 Å². The van der Waals surface area contributed by atoms with Crippen LogP contribution in [0.25, 0.3) is 0 Å². The zero-order valence-electron chi connectivity index (χ0n) is 11.5. The second-order valence-electron chi connectivity index (χ2n) is 5.78. The average molecular weight is 275 g/mol. The molecular formula is C15H21N3S. The minimum absolute atomic E-state index is 0.529. The van der Waals surface area contributed by atoms with Crippen molar-refractivity contribution in [1.82, 2.24) is 10.3 Å². The summed E-state index contributed by atoms with van der Waals surface area (Å²) in [5, 5.41) is 4.55. The van der Waals surface area contributed by atoms with Gasteiger partial charge in [0, 0.05) is 30.7 Å². The first-order chi connectivity index (χ1) is 9.26. The molecule has 3 nitrogen and oxygen atoms in total. The normalized spacial score (nSPS) is 21.4. The van der Waals surface area contributed by atoms with Gasteiger partial charge in [-0.15, -0.1) is 0 Å². The summed E-state index contributed by atoms with van der Waals surface area (Å²) in [4.78, 5) is 9.06. The average Bonchev–Trinajstić information content (AvgIpc) is 2.89. The van der Waals surface area contributed by atoms with E-state index in [0.29, 0.717) is 5.41 Å². The number of thioether (sulfide) groups is 1. The van der Waals surface area contributed by atoms with Crippen molar-refractivity contribution in [2.45, 2.75) is 39.2 Å². The molecule has 102 valence electrons. The molecule has 1 aliphatic heterocycles. The topological polar surface area (TPSA) is 37.3 Å². The van der Waals surface area contributed by atoms with Crippen molar-refractivity contribution >= 4 is 16.9 Å². The lowest BCUT2D eigenvalue weighted by molar-refractivity contribution is 0.358. The Morgan fingerprint density at radius 3 is 2.79 bits per heavy atom. The smallest absolute Gasteiger partial charge is 0.156 e. The van der Waals surface area contributed by atoms with E-state index >= 15 is 0 Å². The summed E-state index contributed by atoms with van der Waals surface area (Å²) in [5.41, 5.74) is 2.81. The molecule has 2 aliphatic rings. The highest BCUT2D eigenvalue weighted by molar-refractivity contribution is 8.13. The van der Waals surface area contributed by atoms with E-state index in [0.717, 1.165) is 24.0 Å². The van der Waals surface area contributed by atoms with E-state index in [2.05, 4.69) is 22.4 Å². The van der Waals surface area contributed by atoms with Crippen LogP contribution in [0, 0.1) is 12.3 Å². The molecule has 1 spiro atoms. The summed E-state index contributed by atoms with van der Waals surface area (Å²) in [6, 6.07) is 4.18. The Morgan fingerprint density at radius 1 is 1.32 bits per heavy atom. The van der Waals surface area contributed by atoms with Gasteiger partial charge in [-0.1, -0.05) is 30.7 Å². The lowest BCUT2D eigenvalue weighted by Crippen LogP contribution is -2.33. The fourth-order valence-corrected chi connectivity index (χ4v) is 4.02. The number of aromatic nitrogens is 1. The van der Waals surface area contributed by atoms with Gasteiger partial charge in [0.1, 0.15) is 0 Å². The van der Waals surface area contributed by atoms with Crippen molar-refractivity contribution in [1.29, 1.82) is 0 Å². The van der Waals surface area contributed by atoms with Crippen LogP contribution >= 0.6 is 11.8 Å². The predicted molar refractivity (Wildman–Crippen MR) is 81.5 cm³/mol. The van der Waals surface area contributed by atoms with Crippen molar-refractivity contribution in [3.63, 3.8) is 0 Å². The number of aliphatic imine (C=N–C) groups is 1. The van der Waals surface area contributed by atoms with Crippen molar-refractivity contribution in [3.8, 4) is 0 Å². The number of rotatable bonds is 2. The SMILES string of the molecule is Cc1ccc(CNC2=NCC3(CCCC3)CS2)cn1. The van der Waals surface area contributed by atoms with Gasteiger partial charge in [0.15, 0.2) is 5.17 Å². The lowest BCUT2D eigenvalue weighted by Gasteiger charge is -2.31. The van der Waals surface area contributed by atoms with Gasteiger partial charge in [0.05, 0.1) is 0 Å². The molecule has 1 N–H and O–H groups in total. The summed E-state index contributed by atoms with van der Waals surface area (Å²) in [6.45, 7) is 3.86. The van der Waals surface area contributed by atoms with Gasteiger partial charge in [0.25, 0.3) is 0 Å². The number of nitrogens with zero attached hydrogens (tertiary/aromatic N) is 2. The van der Waals surface area contributed by atoms with Crippen LogP contribution in [-0.2, 0) is 6.54 Å². The number of hydrogen-bond acceptors (Lipinski definition) is 4. The molecular weight excluding hydrogens is 254 g/mol. The van der Waals surface area contributed by atoms with Gasteiger partial charge >= 0.3 is 0 Å². The molecule has 0 bridgehead atoms.